The van der Waals surface area contributed by atoms with Crippen LogP contribution in [-0.2, 0) is 50.8 Å². The van der Waals surface area contributed by atoms with Crippen LogP contribution in [0.15, 0.2) is 121 Å². The minimum absolute atomic E-state index is 0.00541. The number of rotatable bonds is 20. The summed E-state index contributed by atoms with van der Waals surface area (Å²) < 4.78 is 4.76. The molecule has 0 aliphatic rings. The SMILES string of the molecule is CCC(CC)(c1ccc(CCC(C)C(C)(C)C)c(C)c1)c1ccc(-c2ccc(CC(=O)O)cc2)c(O)c1.CCC(CC)(c1ccc(CCC(C)C(C)(C)C)c(C)c1)c1ccc(-c2ccc(CC(=O)OC)cc2)c(O)c1. The Morgan fingerprint density at radius 3 is 1.12 bits per heavy atom. The van der Waals surface area contributed by atoms with E-state index < -0.39 is 5.97 Å². The number of aliphatic carboxylic acids is 1. The van der Waals surface area contributed by atoms with E-state index in [-0.39, 0.29) is 41.1 Å². The van der Waals surface area contributed by atoms with E-state index in [0.29, 0.717) is 22.7 Å². The van der Waals surface area contributed by atoms with Gasteiger partial charge in [0.2, 0.25) is 0 Å². The topological polar surface area (TPSA) is 104 Å². The first-order valence-corrected chi connectivity index (χ1v) is 27.7. The Bertz CT molecular complexity index is 2830. The molecule has 6 heteroatoms. The van der Waals surface area contributed by atoms with Gasteiger partial charge in [0.1, 0.15) is 11.5 Å². The van der Waals surface area contributed by atoms with Crippen LogP contribution in [0.25, 0.3) is 22.3 Å². The lowest BCUT2D eigenvalue weighted by Gasteiger charge is -2.34. The molecule has 0 aliphatic carbocycles. The van der Waals surface area contributed by atoms with Crippen LogP contribution in [0.2, 0.25) is 0 Å². The standard InChI is InChI=1S/C35H46O3.C34H44O3/c1-9-35(10-2,29-18-17-27(24(3)21-29)14-11-25(4)34(5,6)7)30-19-20-31(32(36)23-30)28-15-12-26(13-16-28)22-33(37)38-8;1-8-34(9-2,28-17-16-26(23(3)20-28)13-10-24(4)33(5,6)7)29-18-19-30(31(35)22-29)27-14-11-25(12-15-27)21-32(36)37/h12-13,15-21,23,25,36H,9-11,14,22H2,1-8H3;11-12,14-20,22,24,35H,8-10,13,21H2,1-7H3,(H,36,37). The van der Waals surface area contributed by atoms with Crippen molar-refractivity contribution in [2.45, 2.75) is 172 Å². The first-order chi connectivity index (χ1) is 35.4. The molecule has 6 rings (SSSR count). The highest BCUT2D eigenvalue weighted by atomic mass is 16.5. The molecule has 0 bridgehead atoms. The second kappa shape index (κ2) is 25.6. The summed E-state index contributed by atoms with van der Waals surface area (Å²) in [6.07, 6.45) is 8.57. The van der Waals surface area contributed by atoms with Crippen molar-refractivity contribution in [2.24, 2.45) is 22.7 Å². The number of hydrogen-bond donors (Lipinski definition) is 3. The van der Waals surface area contributed by atoms with Crippen molar-refractivity contribution in [3.63, 3.8) is 0 Å². The number of aryl methyl sites for hydroxylation is 4. The summed E-state index contributed by atoms with van der Waals surface area (Å²) in [6, 6.07) is 41.2. The molecule has 0 amide bonds. The first kappa shape index (κ1) is 59.7. The highest BCUT2D eigenvalue weighted by Crippen LogP contribution is 2.45. The van der Waals surface area contributed by atoms with Gasteiger partial charge in [-0.25, -0.2) is 0 Å². The van der Waals surface area contributed by atoms with Crippen LogP contribution >= 0.6 is 0 Å². The average Bonchev–Trinajstić information content (AvgIpc) is 3.37. The van der Waals surface area contributed by atoms with E-state index in [9.17, 15) is 19.8 Å². The van der Waals surface area contributed by atoms with Crippen LogP contribution in [-0.4, -0.2) is 34.4 Å². The van der Waals surface area contributed by atoms with E-state index in [1.807, 2.05) is 72.8 Å². The predicted molar refractivity (Wildman–Crippen MR) is 313 cm³/mol. The van der Waals surface area contributed by atoms with Gasteiger partial charge in [-0.15, -0.1) is 0 Å². The molecule has 0 spiro atoms. The first-order valence-electron chi connectivity index (χ1n) is 27.7. The molecule has 75 heavy (non-hydrogen) atoms. The Morgan fingerprint density at radius 1 is 0.493 bits per heavy atom. The number of carboxylic acids is 1. The maximum atomic E-state index is 11.6. The lowest BCUT2D eigenvalue weighted by molar-refractivity contribution is -0.140. The van der Waals surface area contributed by atoms with E-state index in [1.54, 1.807) is 0 Å². The van der Waals surface area contributed by atoms with Crippen LogP contribution in [0.1, 0.15) is 177 Å². The fourth-order valence-electron chi connectivity index (χ4n) is 10.8. The number of aromatic hydroxyl groups is 2. The van der Waals surface area contributed by atoms with Crippen molar-refractivity contribution in [3.8, 4) is 33.8 Å². The summed E-state index contributed by atoms with van der Waals surface area (Å²) >= 11 is 0. The molecule has 402 valence electrons. The molecule has 6 aromatic rings. The summed E-state index contributed by atoms with van der Waals surface area (Å²) in [4.78, 5) is 22.5. The minimum atomic E-state index is -0.849. The van der Waals surface area contributed by atoms with Crippen LogP contribution < -0.4 is 0 Å². The Balaban J connectivity index is 0.000000277. The number of carboxylic acid groups (broad SMARTS) is 1. The smallest absolute Gasteiger partial charge is 0.309 e. The zero-order valence-corrected chi connectivity index (χ0v) is 48.3. The quantitative estimate of drug-likeness (QED) is 0.0658. The molecule has 2 unspecified atom stereocenters. The summed E-state index contributed by atoms with van der Waals surface area (Å²) in [5.41, 5.74) is 15.7. The zero-order valence-electron chi connectivity index (χ0n) is 48.3. The molecule has 0 saturated carbocycles. The highest BCUT2D eigenvalue weighted by molar-refractivity contribution is 5.75. The number of esters is 1. The van der Waals surface area contributed by atoms with Crippen molar-refractivity contribution in [1.29, 1.82) is 0 Å². The van der Waals surface area contributed by atoms with Gasteiger partial charge in [-0.05, 0) is 167 Å². The molecular weight excluding hydrogens is 925 g/mol. The summed E-state index contributed by atoms with van der Waals surface area (Å²) in [5, 5.41) is 31.2. The van der Waals surface area contributed by atoms with Gasteiger partial charge < -0.3 is 20.1 Å². The van der Waals surface area contributed by atoms with E-state index in [0.717, 1.165) is 83.0 Å². The molecule has 0 heterocycles. The summed E-state index contributed by atoms with van der Waals surface area (Å²) in [7, 11) is 1.40. The number of ether oxygens (including phenoxy) is 1. The van der Waals surface area contributed by atoms with Crippen molar-refractivity contribution in [1.82, 2.24) is 0 Å². The zero-order chi connectivity index (χ0) is 55.5. The van der Waals surface area contributed by atoms with Gasteiger partial charge >= 0.3 is 11.9 Å². The monoisotopic (exact) mass is 1010 g/mol. The third kappa shape index (κ3) is 14.6. The van der Waals surface area contributed by atoms with Gasteiger partial charge in [0.05, 0.1) is 20.0 Å². The fraction of sp³-hybridized carbons (Fsp3) is 0.449. The van der Waals surface area contributed by atoms with Gasteiger partial charge in [-0.3, -0.25) is 9.59 Å². The Labute approximate surface area is 452 Å². The van der Waals surface area contributed by atoms with Crippen LogP contribution in [0.5, 0.6) is 11.5 Å². The van der Waals surface area contributed by atoms with Crippen LogP contribution in [0.3, 0.4) is 0 Å². The third-order valence-electron chi connectivity index (χ3n) is 17.4. The van der Waals surface area contributed by atoms with Gasteiger partial charge in [0.25, 0.3) is 0 Å². The van der Waals surface area contributed by atoms with Gasteiger partial charge in [-0.2, -0.15) is 0 Å². The lowest BCUT2D eigenvalue weighted by atomic mass is 9.69. The maximum Gasteiger partial charge on any atom is 0.309 e. The molecule has 2 atom stereocenters. The number of carbonyl (C=O) groups is 2. The molecule has 3 N–H and O–H groups in total. The Hall–Kier alpha value is -6.14. The molecule has 0 aromatic heterocycles. The lowest BCUT2D eigenvalue weighted by Crippen LogP contribution is -2.26. The fourth-order valence-corrected chi connectivity index (χ4v) is 10.8. The van der Waals surface area contributed by atoms with Crippen LogP contribution in [0.4, 0.5) is 0 Å². The van der Waals surface area contributed by atoms with Crippen molar-refractivity contribution < 1.29 is 29.6 Å². The molecule has 6 aromatic carbocycles. The highest BCUT2D eigenvalue weighted by Gasteiger charge is 2.34. The van der Waals surface area contributed by atoms with Crippen LogP contribution in [0, 0.1) is 36.5 Å². The van der Waals surface area contributed by atoms with Crippen molar-refractivity contribution in [2.75, 3.05) is 7.11 Å². The molecule has 0 fully saturated rings. The van der Waals surface area contributed by atoms with Gasteiger partial charge in [-0.1, -0.05) is 192 Å². The molecule has 0 radical (unpaired) electrons. The predicted octanol–water partition coefficient (Wildman–Crippen LogP) is 17.5. The molecular formula is C69H90O6. The number of carbonyl (C=O) groups excluding carboxylic acids is 1. The van der Waals surface area contributed by atoms with Gasteiger partial charge in [0.15, 0.2) is 0 Å². The molecule has 0 aliphatic heterocycles. The van der Waals surface area contributed by atoms with Gasteiger partial charge in [0, 0.05) is 22.0 Å². The second-order valence-corrected chi connectivity index (χ2v) is 23.7. The maximum absolute atomic E-state index is 11.6. The molecule has 6 nitrogen and oxygen atoms in total. The largest absolute Gasteiger partial charge is 0.507 e. The van der Waals surface area contributed by atoms with E-state index in [1.165, 1.54) is 53.3 Å². The normalized spacial score (nSPS) is 12.9. The number of benzene rings is 6. The van der Waals surface area contributed by atoms with Crippen molar-refractivity contribution >= 4 is 11.9 Å². The average molecular weight is 1020 g/mol. The van der Waals surface area contributed by atoms with E-state index in [4.69, 9.17) is 9.84 Å². The Morgan fingerprint density at radius 2 is 0.827 bits per heavy atom. The number of phenols is 2. The summed E-state index contributed by atoms with van der Waals surface area (Å²) in [6.45, 7) is 32.0. The molecule has 0 saturated heterocycles. The summed E-state index contributed by atoms with van der Waals surface area (Å²) in [5.74, 6) is 0.740. The Kier molecular flexibility index (Phi) is 20.4. The van der Waals surface area contributed by atoms with E-state index in [2.05, 4.69) is 145 Å². The second-order valence-electron chi connectivity index (χ2n) is 23.7. The number of phenolic OH excluding ortho intramolecular Hbond substituents is 2. The van der Waals surface area contributed by atoms with E-state index >= 15 is 0 Å². The number of hydrogen-bond acceptors (Lipinski definition) is 5. The minimum Gasteiger partial charge on any atom is -0.507 e. The third-order valence-corrected chi connectivity index (χ3v) is 17.4. The van der Waals surface area contributed by atoms with Crippen molar-refractivity contribution in [3.05, 3.63) is 177 Å². The number of methoxy groups -OCH3 is 1.